The van der Waals surface area contributed by atoms with Gasteiger partial charge in [0.25, 0.3) is 0 Å². The molecule has 2 N–H and O–H groups in total. The minimum Gasteiger partial charge on any atom is -0.383 e. The highest BCUT2D eigenvalue weighted by atomic mass is 19.1. The van der Waals surface area contributed by atoms with Crippen molar-refractivity contribution >= 4 is 17.4 Å². The molecule has 0 saturated carbocycles. The number of pyridine rings is 1. The van der Waals surface area contributed by atoms with Crippen molar-refractivity contribution in [3.05, 3.63) is 89.9 Å². The van der Waals surface area contributed by atoms with E-state index in [2.05, 4.69) is 15.6 Å². The SMILES string of the molecule is O=C(CCc1ccccc1)Nc1ccc(NCCc2ccccc2F)cn1. The van der Waals surface area contributed by atoms with Crippen LogP contribution in [0.3, 0.4) is 0 Å². The third kappa shape index (κ3) is 5.92. The molecule has 0 bridgehead atoms. The maximum Gasteiger partial charge on any atom is 0.225 e. The van der Waals surface area contributed by atoms with Gasteiger partial charge in [0, 0.05) is 13.0 Å². The fourth-order valence-corrected chi connectivity index (χ4v) is 2.72. The van der Waals surface area contributed by atoms with Crippen LogP contribution in [0.25, 0.3) is 0 Å². The minimum absolute atomic E-state index is 0.0633. The standard InChI is InChI=1S/C22H22FN3O/c23-20-9-5-4-8-18(20)14-15-24-19-11-12-21(25-16-19)26-22(27)13-10-17-6-2-1-3-7-17/h1-9,11-12,16,24H,10,13-15H2,(H,25,26,27). The smallest absolute Gasteiger partial charge is 0.225 e. The van der Waals surface area contributed by atoms with Gasteiger partial charge in [0.05, 0.1) is 11.9 Å². The Morgan fingerprint density at radius 3 is 2.44 bits per heavy atom. The zero-order valence-corrected chi connectivity index (χ0v) is 15.0. The summed E-state index contributed by atoms with van der Waals surface area (Å²) in [6.45, 7) is 0.603. The van der Waals surface area contributed by atoms with Crippen molar-refractivity contribution < 1.29 is 9.18 Å². The molecular weight excluding hydrogens is 341 g/mol. The first-order valence-corrected chi connectivity index (χ1v) is 8.98. The van der Waals surface area contributed by atoms with Crippen molar-refractivity contribution in [2.75, 3.05) is 17.2 Å². The van der Waals surface area contributed by atoms with E-state index in [0.717, 1.165) is 11.3 Å². The Hall–Kier alpha value is -3.21. The largest absolute Gasteiger partial charge is 0.383 e. The summed E-state index contributed by atoms with van der Waals surface area (Å²) in [7, 11) is 0. The third-order valence-electron chi connectivity index (χ3n) is 4.20. The van der Waals surface area contributed by atoms with Crippen molar-refractivity contribution in [2.24, 2.45) is 0 Å². The molecule has 3 rings (SSSR count). The van der Waals surface area contributed by atoms with Crippen LogP contribution in [0.1, 0.15) is 17.5 Å². The topological polar surface area (TPSA) is 54.0 Å². The van der Waals surface area contributed by atoms with E-state index in [9.17, 15) is 9.18 Å². The van der Waals surface area contributed by atoms with Crippen LogP contribution in [0.15, 0.2) is 72.9 Å². The lowest BCUT2D eigenvalue weighted by atomic mass is 10.1. The van der Waals surface area contributed by atoms with E-state index in [1.165, 1.54) is 6.07 Å². The maximum absolute atomic E-state index is 13.6. The molecule has 1 aromatic heterocycles. The number of nitrogens with zero attached hydrogens (tertiary/aromatic N) is 1. The lowest BCUT2D eigenvalue weighted by Gasteiger charge is -2.08. The van der Waals surface area contributed by atoms with Gasteiger partial charge in [0.2, 0.25) is 5.91 Å². The number of anilines is 2. The zero-order chi connectivity index (χ0) is 18.9. The molecule has 0 atom stereocenters. The highest BCUT2D eigenvalue weighted by molar-refractivity contribution is 5.89. The average molecular weight is 363 g/mol. The molecule has 1 heterocycles. The normalized spacial score (nSPS) is 10.4. The highest BCUT2D eigenvalue weighted by Crippen LogP contribution is 2.12. The summed E-state index contributed by atoms with van der Waals surface area (Å²) in [4.78, 5) is 16.3. The van der Waals surface area contributed by atoms with Gasteiger partial charge in [-0.05, 0) is 42.2 Å². The Kier molecular flexibility index (Phi) is 6.52. The van der Waals surface area contributed by atoms with E-state index in [1.54, 1.807) is 24.4 Å². The molecule has 0 aliphatic carbocycles. The second-order valence-electron chi connectivity index (χ2n) is 6.23. The molecule has 0 spiro atoms. The number of hydrogen-bond acceptors (Lipinski definition) is 3. The molecule has 0 fully saturated rings. The van der Waals surface area contributed by atoms with Gasteiger partial charge in [-0.25, -0.2) is 9.37 Å². The quantitative estimate of drug-likeness (QED) is 0.622. The average Bonchev–Trinajstić information content (AvgIpc) is 2.70. The fourth-order valence-electron chi connectivity index (χ4n) is 2.72. The summed E-state index contributed by atoms with van der Waals surface area (Å²) in [5.74, 6) is 0.269. The molecule has 0 unspecified atom stereocenters. The van der Waals surface area contributed by atoms with Gasteiger partial charge in [-0.1, -0.05) is 48.5 Å². The van der Waals surface area contributed by atoms with Crippen molar-refractivity contribution in [3.8, 4) is 0 Å². The van der Waals surface area contributed by atoms with Crippen LogP contribution in [0.2, 0.25) is 0 Å². The first-order chi connectivity index (χ1) is 13.2. The number of hydrogen-bond donors (Lipinski definition) is 2. The molecular formula is C22H22FN3O. The molecule has 0 radical (unpaired) electrons. The van der Waals surface area contributed by atoms with E-state index in [1.807, 2.05) is 42.5 Å². The van der Waals surface area contributed by atoms with E-state index in [4.69, 9.17) is 0 Å². The Labute approximate surface area is 158 Å². The number of aryl methyl sites for hydroxylation is 1. The van der Waals surface area contributed by atoms with Crippen LogP contribution in [0.5, 0.6) is 0 Å². The van der Waals surface area contributed by atoms with Crippen LogP contribution in [0.4, 0.5) is 15.9 Å². The van der Waals surface area contributed by atoms with E-state index in [-0.39, 0.29) is 11.7 Å². The molecule has 0 saturated heterocycles. The van der Waals surface area contributed by atoms with E-state index >= 15 is 0 Å². The Balaban J connectivity index is 1.43. The summed E-state index contributed by atoms with van der Waals surface area (Å²) in [5, 5.41) is 6.01. The fraction of sp³-hybridized carbons (Fsp3) is 0.182. The molecule has 0 aliphatic heterocycles. The molecule has 3 aromatic rings. The first kappa shape index (κ1) is 18.6. The van der Waals surface area contributed by atoms with Gasteiger partial charge in [-0.15, -0.1) is 0 Å². The number of halogens is 1. The number of amides is 1. The molecule has 1 amide bonds. The monoisotopic (exact) mass is 363 g/mol. The number of carbonyl (C=O) groups is 1. The van der Waals surface area contributed by atoms with Gasteiger partial charge in [-0.3, -0.25) is 4.79 Å². The molecule has 0 aliphatic rings. The number of nitrogens with one attached hydrogen (secondary N) is 2. The van der Waals surface area contributed by atoms with Gasteiger partial charge in [-0.2, -0.15) is 0 Å². The van der Waals surface area contributed by atoms with Gasteiger partial charge in [0.15, 0.2) is 0 Å². The minimum atomic E-state index is -0.189. The van der Waals surface area contributed by atoms with E-state index in [0.29, 0.717) is 37.2 Å². The predicted octanol–water partition coefficient (Wildman–Crippen LogP) is 4.45. The lowest BCUT2D eigenvalue weighted by molar-refractivity contribution is -0.116. The Morgan fingerprint density at radius 2 is 1.70 bits per heavy atom. The van der Waals surface area contributed by atoms with Crippen LogP contribution < -0.4 is 10.6 Å². The molecule has 4 nitrogen and oxygen atoms in total. The number of rotatable bonds is 8. The number of benzene rings is 2. The van der Waals surface area contributed by atoms with E-state index < -0.39 is 0 Å². The molecule has 5 heteroatoms. The summed E-state index contributed by atoms with van der Waals surface area (Å²) in [6.07, 6.45) is 3.36. The molecule has 2 aromatic carbocycles. The predicted molar refractivity (Wildman–Crippen MR) is 106 cm³/mol. The van der Waals surface area contributed by atoms with Crippen molar-refractivity contribution in [2.45, 2.75) is 19.3 Å². The van der Waals surface area contributed by atoms with Crippen LogP contribution in [-0.2, 0) is 17.6 Å². The van der Waals surface area contributed by atoms with Gasteiger partial charge in [0.1, 0.15) is 11.6 Å². The maximum atomic E-state index is 13.6. The van der Waals surface area contributed by atoms with Crippen LogP contribution in [-0.4, -0.2) is 17.4 Å². The number of aromatic nitrogens is 1. The second-order valence-corrected chi connectivity index (χ2v) is 6.23. The summed E-state index contributed by atoms with van der Waals surface area (Å²) in [5.41, 5.74) is 2.64. The van der Waals surface area contributed by atoms with Gasteiger partial charge >= 0.3 is 0 Å². The summed E-state index contributed by atoms with van der Waals surface area (Å²) < 4.78 is 13.6. The molecule has 27 heavy (non-hydrogen) atoms. The van der Waals surface area contributed by atoms with Crippen molar-refractivity contribution in [3.63, 3.8) is 0 Å². The number of carbonyl (C=O) groups excluding carboxylic acids is 1. The zero-order valence-electron chi connectivity index (χ0n) is 15.0. The first-order valence-electron chi connectivity index (χ1n) is 8.98. The third-order valence-corrected chi connectivity index (χ3v) is 4.20. The van der Waals surface area contributed by atoms with Crippen molar-refractivity contribution in [1.82, 2.24) is 4.98 Å². The van der Waals surface area contributed by atoms with Crippen LogP contribution >= 0.6 is 0 Å². The lowest BCUT2D eigenvalue weighted by Crippen LogP contribution is -2.13. The highest BCUT2D eigenvalue weighted by Gasteiger charge is 2.05. The molecule has 138 valence electrons. The Morgan fingerprint density at radius 1 is 0.926 bits per heavy atom. The Bertz CT molecular complexity index is 866. The van der Waals surface area contributed by atoms with Gasteiger partial charge < -0.3 is 10.6 Å². The summed E-state index contributed by atoms with van der Waals surface area (Å²) >= 11 is 0. The van der Waals surface area contributed by atoms with Crippen molar-refractivity contribution in [1.29, 1.82) is 0 Å². The van der Waals surface area contributed by atoms with Crippen LogP contribution in [0, 0.1) is 5.82 Å². The second kappa shape index (κ2) is 9.48. The summed E-state index contributed by atoms with van der Waals surface area (Å²) in [6, 6.07) is 20.3.